The molecule has 2 aromatic carbocycles. The van der Waals surface area contributed by atoms with Gasteiger partial charge in [-0.25, -0.2) is 4.98 Å². The van der Waals surface area contributed by atoms with Crippen molar-refractivity contribution in [1.29, 1.82) is 0 Å². The van der Waals surface area contributed by atoms with Crippen molar-refractivity contribution in [2.45, 2.75) is 25.9 Å². The van der Waals surface area contributed by atoms with Crippen molar-refractivity contribution in [2.24, 2.45) is 0 Å². The minimum absolute atomic E-state index is 0.310. The van der Waals surface area contributed by atoms with Crippen LogP contribution in [0.5, 0.6) is 0 Å². The molecule has 0 saturated carbocycles. The summed E-state index contributed by atoms with van der Waals surface area (Å²) in [5.41, 5.74) is 1.70. The lowest BCUT2D eigenvalue weighted by molar-refractivity contribution is 0.101. The maximum atomic E-state index is 12.8. The third-order valence-electron chi connectivity index (χ3n) is 5.45. The highest BCUT2D eigenvalue weighted by Gasteiger charge is 2.22. The van der Waals surface area contributed by atoms with Crippen LogP contribution in [0.4, 0.5) is 17.2 Å². The molecule has 9 heteroatoms. The van der Waals surface area contributed by atoms with E-state index in [-0.39, 0.29) is 11.8 Å². The SMILES string of the molecule is CC1CN(c2ccc(C(=O)Nc3ccc(Cl)c(NC(=O)c4cccc(Cl)c4)c3)cn2)CC(C)N1. The van der Waals surface area contributed by atoms with Crippen LogP contribution in [0.3, 0.4) is 0 Å². The topological polar surface area (TPSA) is 86.4 Å². The Kier molecular flexibility index (Phi) is 7.36. The highest BCUT2D eigenvalue weighted by molar-refractivity contribution is 6.34. The maximum Gasteiger partial charge on any atom is 0.257 e. The van der Waals surface area contributed by atoms with Crippen LogP contribution in [0, 0.1) is 0 Å². The van der Waals surface area contributed by atoms with Crippen LogP contribution in [0.15, 0.2) is 60.8 Å². The van der Waals surface area contributed by atoms with Gasteiger partial charge in [-0.15, -0.1) is 0 Å². The molecule has 3 aromatic rings. The molecule has 4 rings (SSSR count). The first kappa shape index (κ1) is 24.0. The lowest BCUT2D eigenvalue weighted by atomic mass is 10.1. The first-order valence-electron chi connectivity index (χ1n) is 10.9. The van der Waals surface area contributed by atoms with E-state index in [1.54, 1.807) is 54.7 Å². The van der Waals surface area contributed by atoms with Crippen molar-refractivity contribution >= 4 is 52.2 Å². The van der Waals surface area contributed by atoms with E-state index in [1.165, 1.54) is 0 Å². The van der Waals surface area contributed by atoms with Crippen molar-refractivity contribution in [3.8, 4) is 0 Å². The molecular formula is C25H25Cl2N5O2. The molecule has 176 valence electrons. The van der Waals surface area contributed by atoms with E-state index in [9.17, 15) is 9.59 Å². The Hall–Kier alpha value is -3.13. The molecule has 3 N–H and O–H groups in total. The van der Waals surface area contributed by atoms with E-state index in [0.29, 0.717) is 44.6 Å². The summed E-state index contributed by atoms with van der Waals surface area (Å²) in [6, 6.07) is 15.8. The molecule has 0 bridgehead atoms. The Morgan fingerprint density at radius 2 is 1.68 bits per heavy atom. The van der Waals surface area contributed by atoms with Crippen molar-refractivity contribution in [1.82, 2.24) is 10.3 Å². The van der Waals surface area contributed by atoms with E-state index in [2.05, 4.69) is 39.7 Å². The predicted molar refractivity (Wildman–Crippen MR) is 137 cm³/mol. The molecule has 34 heavy (non-hydrogen) atoms. The van der Waals surface area contributed by atoms with Crippen LogP contribution in [-0.2, 0) is 0 Å². The van der Waals surface area contributed by atoms with Gasteiger partial charge in [0.1, 0.15) is 5.82 Å². The number of amides is 2. The normalized spacial score (nSPS) is 17.8. The largest absolute Gasteiger partial charge is 0.354 e. The highest BCUT2D eigenvalue weighted by Crippen LogP contribution is 2.27. The summed E-state index contributed by atoms with van der Waals surface area (Å²) in [6.45, 7) is 6.00. The van der Waals surface area contributed by atoms with Gasteiger partial charge in [0.2, 0.25) is 0 Å². The lowest BCUT2D eigenvalue weighted by Gasteiger charge is -2.36. The molecule has 1 aromatic heterocycles. The minimum Gasteiger partial charge on any atom is -0.354 e. The smallest absolute Gasteiger partial charge is 0.257 e. The van der Waals surface area contributed by atoms with Crippen LogP contribution in [0.1, 0.15) is 34.6 Å². The molecule has 1 saturated heterocycles. The number of hydrogen-bond acceptors (Lipinski definition) is 5. The number of pyridine rings is 1. The summed E-state index contributed by atoms with van der Waals surface area (Å²) >= 11 is 12.2. The van der Waals surface area contributed by atoms with Gasteiger partial charge in [-0.05, 0) is 62.4 Å². The number of nitrogens with zero attached hydrogens (tertiary/aromatic N) is 2. The fourth-order valence-electron chi connectivity index (χ4n) is 3.95. The Morgan fingerprint density at radius 3 is 2.35 bits per heavy atom. The molecule has 2 amide bonds. The number of aromatic nitrogens is 1. The summed E-state index contributed by atoms with van der Waals surface area (Å²) in [4.78, 5) is 32.0. The second-order valence-corrected chi connectivity index (χ2v) is 9.24. The average Bonchev–Trinajstić information content (AvgIpc) is 2.80. The number of hydrogen-bond donors (Lipinski definition) is 3. The molecule has 7 nitrogen and oxygen atoms in total. The average molecular weight is 498 g/mol. The number of rotatable bonds is 5. The van der Waals surface area contributed by atoms with E-state index in [0.717, 1.165) is 18.9 Å². The van der Waals surface area contributed by atoms with Crippen LogP contribution in [0.25, 0.3) is 0 Å². The minimum atomic E-state index is -0.357. The first-order chi connectivity index (χ1) is 16.3. The molecule has 0 aliphatic carbocycles. The molecule has 2 heterocycles. The van der Waals surface area contributed by atoms with E-state index < -0.39 is 0 Å². The van der Waals surface area contributed by atoms with Gasteiger partial charge < -0.3 is 20.9 Å². The molecule has 1 aliphatic rings. The van der Waals surface area contributed by atoms with Crippen LogP contribution >= 0.6 is 23.2 Å². The van der Waals surface area contributed by atoms with Crippen molar-refractivity contribution in [3.63, 3.8) is 0 Å². The maximum absolute atomic E-state index is 12.8. The van der Waals surface area contributed by atoms with Gasteiger partial charge in [-0.3, -0.25) is 9.59 Å². The van der Waals surface area contributed by atoms with Crippen LogP contribution < -0.4 is 20.9 Å². The Balaban J connectivity index is 1.43. The summed E-state index contributed by atoms with van der Waals surface area (Å²) in [6.07, 6.45) is 1.57. The summed E-state index contributed by atoms with van der Waals surface area (Å²) < 4.78 is 0. The summed E-state index contributed by atoms with van der Waals surface area (Å²) in [5.74, 6) is 0.175. The van der Waals surface area contributed by atoms with Gasteiger partial charge in [0.15, 0.2) is 0 Å². The monoisotopic (exact) mass is 497 g/mol. The van der Waals surface area contributed by atoms with Crippen molar-refractivity contribution < 1.29 is 9.59 Å². The summed E-state index contributed by atoms with van der Waals surface area (Å²) in [5, 5.41) is 9.88. The first-order valence-corrected chi connectivity index (χ1v) is 11.7. The number of carbonyl (C=O) groups is 2. The third kappa shape index (κ3) is 5.86. The number of anilines is 3. The van der Waals surface area contributed by atoms with Crippen molar-refractivity contribution in [2.75, 3.05) is 28.6 Å². The van der Waals surface area contributed by atoms with E-state index in [4.69, 9.17) is 23.2 Å². The molecule has 2 unspecified atom stereocenters. The molecular weight excluding hydrogens is 473 g/mol. The van der Waals surface area contributed by atoms with Gasteiger partial charge in [0.05, 0.1) is 16.3 Å². The van der Waals surface area contributed by atoms with E-state index >= 15 is 0 Å². The molecule has 2 atom stereocenters. The Bertz CT molecular complexity index is 1190. The van der Waals surface area contributed by atoms with Gasteiger partial charge in [0.25, 0.3) is 11.8 Å². The van der Waals surface area contributed by atoms with Crippen LogP contribution in [-0.4, -0.2) is 42.0 Å². The number of nitrogens with one attached hydrogen (secondary N) is 3. The zero-order chi connectivity index (χ0) is 24.2. The highest BCUT2D eigenvalue weighted by atomic mass is 35.5. The lowest BCUT2D eigenvalue weighted by Crippen LogP contribution is -2.54. The molecule has 1 aliphatic heterocycles. The van der Waals surface area contributed by atoms with Gasteiger partial charge >= 0.3 is 0 Å². The number of piperazine rings is 1. The fourth-order valence-corrected chi connectivity index (χ4v) is 4.30. The van der Waals surface area contributed by atoms with Gasteiger partial charge in [-0.2, -0.15) is 0 Å². The predicted octanol–water partition coefficient (Wildman–Crippen LogP) is 5.08. The molecule has 0 radical (unpaired) electrons. The molecule has 1 fully saturated rings. The Labute approximate surface area is 208 Å². The number of carbonyl (C=O) groups excluding carboxylic acids is 2. The standard InChI is InChI=1S/C25H25Cl2N5O2/c1-15-13-32(14-16(2)29-15)23-9-6-18(12-28-23)25(34)30-20-7-8-21(27)22(11-20)31-24(33)17-4-3-5-19(26)10-17/h3-12,15-16,29H,13-14H2,1-2H3,(H,30,34)(H,31,33). The Morgan fingerprint density at radius 1 is 0.941 bits per heavy atom. The van der Waals surface area contributed by atoms with E-state index in [1.807, 2.05) is 6.07 Å². The molecule has 0 spiro atoms. The van der Waals surface area contributed by atoms with Crippen molar-refractivity contribution in [3.05, 3.63) is 82.0 Å². The fraction of sp³-hybridized carbons (Fsp3) is 0.240. The van der Waals surface area contributed by atoms with Crippen LogP contribution in [0.2, 0.25) is 10.0 Å². The third-order valence-corrected chi connectivity index (χ3v) is 6.02. The van der Waals surface area contributed by atoms with Gasteiger partial charge in [0, 0.05) is 47.6 Å². The second-order valence-electron chi connectivity index (χ2n) is 8.39. The number of benzene rings is 2. The quantitative estimate of drug-likeness (QED) is 0.457. The summed E-state index contributed by atoms with van der Waals surface area (Å²) in [7, 11) is 0. The van der Waals surface area contributed by atoms with Gasteiger partial charge in [-0.1, -0.05) is 29.3 Å². The zero-order valence-electron chi connectivity index (χ0n) is 18.8. The second kappa shape index (κ2) is 10.4. The zero-order valence-corrected chi connectivity index (χ0v) is 20.3. The number of halogens is 2.